The van der Waals surface area contributed by atoms with E-state index in [1.54, 1.807) is 0 Å². The number of nitrogens with one attached hydrogen (secondary N) is 1. The molecule has 124 valence electrons. The van der Waals surface area contributed by atoms with Crippen LogP contribution in [-0.4, -0.2) is 46.6 Å². The lowest BCUT2D eigenvalue weighted by Gasteiger charge is -2.15. The fourth-order valence-corrected chi connectivity index (χ4v) is 3.45. The van der Waals surface area contributed by atoms with Crippen LogP contribution in [0.1, 0.15) is 25.7 Å². The largest absolute Gasteiger partial charge is 0.487 e. The highest BCUT2D eigenvalue weighted by atomic mass is 32.2. The molecule has 1 aliphatic carbocycles. The van der Waals surface area contributed by atoms with E-state index in [1.165, 1.54) is 12.1 Å². The lowest BCUT2D eigenvalue weighted by molar-refractivity contribution is 0.200. The van der Waals surface area contributed by atoms with E-state index in [1.807, 2.05) is 19.0 Å². The van der Waals surface area contributed by atoms with Crippen molar-refractivity contribution < 1.29 is 17.5 Å². The monoisotopic (exact) mass is 330 g/mol. The highest BCUT2D eigenvalue weighted by Gasteiger charge is 2.20. The molecule has 1 fully saturated rings. The van der Waals surface area contributed by atoms with E-state index in [0.29, 0.717) is 6.54 Å². The van der Waals surface area contributed by atoms with Gasteiger partial charge in [0, 0.05) is 13.1 Å². The molecule has 0 spiro atoms. The summed E-state index contributed by atoms with van der Waals surface area (Å²) in [6, 6.07) is 3.79. The van der Waals surface area contributed by atoms with E-state index >= 15 is 0 Å². The first-order valence-corrected chi connectivity index (χ1v) is 8.97. The first-order chi connectivity index (χ1) is 10.4. The molecule has 7 heteroatoms. The number of hydrogen-bond donors (Lipinski definition) is 1. The SMILES string of the molecule is CN(C)CCNS(=O)(=O)c1ccc(OC2CCCC2)c(F)c1. The molecule has 0 aromatic heterocycles. The minimum atomic E-state index is -3.69. The van der Waals surface area contributed by atoms with Crippen LogP contribution < -0.4 is 9.46 Å². The summed E-state index contributed by atoms with van der Waals surface area (Å²) in [5, 5.41) is 0. The Bertz CT molecular complexity index is 599. The average Bonchev–Trinajstić information content (AvgIpc) is 2.93. The Hall–Kier alpha value is -1.18. The number of sulfonamides is 1. The van der Waals surface area contributed by atoms with Crippen molar-refractivity contribution >= 4 is 10.0 Å². The van der Waals surface area contributed by atoms with E-state index in [-0.39, 0.29) is 23.3 Å². The molecule has 0 saturated heterocycles. The van der Waals surface area contributed by atoms with E-state index < -0.39 is 15.8 Å². The standard InChI is InChI=1S/C15H23FN2O3S/c1-18(2)10-9-17-22(19,20)13-7-8-15(14(16)11-13)21-12-5-3-4-6-12/h7-8,11-12,17H,3-6,9-10H2,1-2H3. The third kappa shape index (κ3) is 4.66. The molecule has 1 saturated carbocycles. The van der Waals surface area contributed by atoms with E-state index in [0.717, 1.165) is 31.7 Å². The molecular weight excluding hydrogens is 307 g/mol. The van der Waals surface area contributed by atoms with Gasteiger partial charge in [-0.25, -0.2) is 17.5 Å². The van der Waals surface area contributed by atoms with Crippen molar-refractivity contribution in [3.63, 3.8) is 0 Å². The molecule has 0 amide bonds. The van der Waals surface area contributed by atoms with Gasteiger partial charge in [-0.3, -0.25) is 0 Å². The number of ether oxygens (including phenoxy) is 1. The number of hydrogen-bond acceptors (Lipinski definition) is 4. The van der Waals surface area contributed by atoms with Crippen LogP contribution in [-0.2, 0) is 10.0 Å². The predicted octanol–water partition coefficient (Wildman–Crippen LogP) is 1.99. The average molecular weight is 330 g/mol. The van der Waals surface area contributed by atoms with Crippen LogP contribution in [0.5, 0.6) is 5.75 Å². The van der Waals surface area contributed by atoms with Gasteiger partial charge in [0.05, 0.1) is 11.0 Å². The topological polar surface area (TPSA) is 58.6 Å². The van der Waals surface area contributed by atoms with E-state index in [2.05, 4.69) is 4.72 Å². The number of likely N-dealkylation sites (N-methyl/N-ethyl adjacent to an activating group) is 1. The van der Waals surface area contributed by atoms with Gasteiger partial charge >= 0.3 is 0 Å². The second-order valence-electron chi connectivity index (χ2n) is 5.82. The van der Waals surface area contributed by atoms with Crippen molar-refractivity contribution in [2.24, 2.45) is 0 Å². The molecule has 0 atom stereocenters. The maximum absolute atomic E-state index is 14.1. The zero-order valence-corrected chi connectivity index (χ0v) is 13.8. The van der Waals surface area contributed by atoms with Crippen LogP contribution in [0.25, 0.3) is 0 Å². The van der Waals surface area contributed by atoms with Crippen LogP contribution in [0, 0.1) is 5.82 Å². The molecule has 0 radical (unpaired) electrons. The Labute approximate surface area is 131 Å². The van der Waals surface area contributed by atoms with Crippen molar-refractivity contribution in [1.29, 1.82) is 0 Å². The fraction of sp³-hybridized carbons (Fsp3) is 0.600. The van der Waals surface area contributed by atoms with Gasteiger partial charge in [0.2, 0.25) is 10.0 Å². The number of benzene rings is 1. The molecule has 1 aliphatic rings. The zero-order valence-electron chi connectivity index (χ0n) is 13.0. The first-order valence-electron chi connectivity index (χ1n) is 7.49. The van der Waals surface area contributed by atoms with Gasteiger partial charge in [-0.15, -0.1) is 0 Å². The lowest BCUT2D eigenvalue weighted by atomic mass is 10.3. The van der Waals surface area contributed by atoms with Gasteiger partial charge in [-0.05, 0) is 58.0 Å². The second kappa shape index (κ2) is 7.39. The molecule has 0 heterocycles. The molecular formula is C15H23FN2O3S. The molecule has 0 aliphatic heterocycles. The zero-order chi connectivity index (χ0) is 16.2. The van der Waals surface area contributed by atoms with Crippen molar-refractivity contribution in [2.45, 2.75) is 36.7 Å². The van der Waals surface area contributed by atoms with E-state index in [4.69, 9.17) is 4.74 Å². The van der Waals surface area contributed by atoms with Gasteiger partial charge in [0.1, 0.15) is 0 Å². The van der Waals surface area contributed by atoms with Crippen molar-refractivity contribution in [2.75, 3.05) is 27.2 Å². The molecule has 1 N–H and O–H groups in total. The number of rotatable bonds is 7. The molecule has 1 aromatic rings. The van der Waals surface area contributed by atoms with Crippen LogP contribution >= 0.6 is 0 Å². The maximum Gasteiger partial charge on any atom is 0.240 e. The Morgan fingerprint density at radius 1 is 1.32 bits per heavy atom. The Balaban J connectivity index is 2.04. The minimum absolute atomic E-state index is 0.0372. The van der Waals surface area contributed by atoms with Gasteiger partial charge in [0.25, 0.3) is 0 Å². The summed E-state index contributed by atoms with van der Waals surface area (Å²) in [5.41, 5.74) is 0. The van der Waals surface area contributed by atoms with Gasteiger partial charge < -0.3 is 9.64 Å². The van der Waals surface area contributed by atoms with Gasteiger partial charge in [-0.2, -0.15) is 0 Å². The summed E-state index contributed by atoms with van der Waals surface area (Å²) < 4.78 is 46.3. The summed E-state index contributed by atoms with van der Waals surface area (Å²) in [4.78, 5) is 1.78. The van der Waals surface area contributed by atoms with Crippen molar-refractivity contribution in [1.82, 2.24) is 9.62 Å². The second-order valence-corrected chi connectivity index (χ2v) is 7.58. The Kier molecular flexibility index (Phi) is 5.77. The van der Waals surface area contributed by atoms with Crippen LogP contribution in [0.4, 0.5) is 4.39 Å². The van der Waals surface area contributed by atoms with Gasteiger partial charge in [-0.1, -0.05) is 0 Å². The summed E-state index contributed by atoms with van der Waals surface area (Å²) in [5.74, 6) is -0.512. The van der Waals surface area contributed by atoms with Crippen LogP contribution in [0.3, 0.4) is 0 Å². The number of halogens is 1. The molecule has 22 heavy (non-hydrogen) atoms. The summed E-state index contributed by atoms with van der Waals surface area (Å²) in [6.45, 7) is 0.849. The third-order valence-electron chi connectivity index (χ3n) is 3.66. The smallest absolute Gasteiger partial charge is 0.240 e. The van der Waals surface area contributed by atoms with Crippen LogP contribution in [0.15, 0.2) is 23.1 Å². The number of nitrogens with zero attached hydrogens (tertiary/aromatic N) is 1. The molecule has 0 bridgehead atoms. The summed E-state index contributed by atoms with van der Waals surface area (Å²) >= 11 is 0. The van der Waals surface area contributed by atoms with E-state index in [9.17, 15) is 12.8 Å². The fourth-order valence-electron chi connectivity index (χ4n) is 2.42. The van der Waals surface area contributed by atoms with Crippen molar-refractivity contribution in [3.05, 3.63) is 24.0 Å². The van der Waals surface area contributed by atoms with Crippen molar-refractivity contribution in [3.8, 4) is 5.75 Å². The quantitative estimate of drug-likeness (QED) is 0.831. The Morgan fingerprint density at radius 2 is 2.00 bits per heavy atom. The van der Waals surface area contributed by atoms with Gasteiger partial charge in [0.15, 0.2) is 11.6 Å². The highest BCUT2D eigenvalue weighted by molar-refractivity contribution is 7.89. The molecule has 5 nitrogen and oxygen atoms in total. The lowest BCUT2D eigenvalue weighted by Crippen LogP contribution is -2.31. The minimum Gasteiger partial charge on any atom is -0.487 e. The summed E-state index contributed by atoms with van der Waals surface area (Å²) in [7, 11) is 0.00596. The molecule has 2 rings (SSSR count). The third-order valence-corrected chi connectivity index (χ3v) is 5.12. The maximum atomic E-state index is 14.1. The summed E-state index contributed by atoms with van der Waals surface area (Å²) in [6.07, 6.45) is 4.07. The first kappa shape index (κ1) is 17.2. The highest BCUT2D eigenvalue weighted by Crippen LogP contribution is 2.27. The molecule has 1 aromatic carbocycles. The normalized spacial score (nSPS) is 16.4. The van der Waals surface area contributed by atoms with Crippen LogP contribution in [0.2, 0.25) is 0 Å². The molecule has 0 unspecified atom stereocenters. The predicted molar refractivity (Wildman–Crippen MR) is 83.0 cm³/mol. The Morgan fingerprint density at radius 3 is 2.59 bits per heavy atom.